The van der Waals surface area contributed by atoms with Crippen molar-refractivity contribution in [3.05, 3.63) is 23.3 Å². The van der Waals surface area contributed by atoms with E-state index in [1.807, 2.05) is 0 Å². The zero-order valence-corrected chi connectivity index (χ0v) is 7.82. The second-order valence-corrected chi connectivity index (χ2v) is 3.39. The van der Waals surface area contributed by atoms with Gasteiger partial charge in [0.25, 0.3) is 0 Å². The number of hydrogen-bond acceptors (Lipinski definition) is 2. The molecule has 0 atom stereocenters. The van der Waals surface area contributed by atoms with Crippen molar-refractivity contribution in [2.45, 2.75) is 13.3 Å². The summed E-state index contributed by atoms with van der Waals surface area (Å²) in [5, 5.41) is 18.3. The van der Waals surface area contributed by atoms with Gasteiger partial charge in [-0.15, -0.1) is 0 Å². The number of fused-ring (bicyclic) bond motifs is 1. The van der Waals surface area contributed by atoms with Gasteiger partial charge in [0.1, 0.15) is 5.75 Å². The van der Waals surface area contributed by atoms with Gasteiger partial charge in [-0.3, -0.25) is 4.90 Å². The van der Waals surface area contributed by atoms with Crippen molar-refractivity contribution < 1.29 is 15.0 Å². The molecule has 74 valence electrons. The minimum absolute atomic E-state index is 0.232. The van der Waals surface area contributed by atoms with Gasteiger partial charge in [-0.05, 0) is 36.6 Å². The van der Waals surface area contributed by atoms with Crippen LogP contribution in [0.1, 0.15) is 11.1 Å². The third kappa shape index (κ3) is 1.11. The van der Waals surface area contributed by atoms with Crippen molar-refractivity contribution in [2.24, 2.45) is 0 Å². The van der Waals surface area contributed by atoms with Crippen molar-refractivity contribution in [2.75, 3.05) is 11.4 Å². The van der Waals surface area contributed by atoms with E-state index in [1.165, 1.54) is 11.0 Å². The summed E-state index contributed by atoms with van der Waals surface area (Å²) in [6.45, 7) is 2.29. The highest BCUT2D eigenvalue weighted by Gasteiger charge is 2.26. The van der Waals surface area contributed by atoms with Gasteiger partial charge in [0, 0.05) is 6.54 Å². The molecule has 0 saturated carbocycles. The predicted molar refractivity (Wildman–Crippen MR) is 51.9 cm³/mol. The second kappa shape index (κ2) is 2.90. The molecule has 0 fully saturated rings. The number of rotatable bonds is 0. The van der Waals surface area contributed by atoms with Gasteiger partial charge >= 0.3 is 6.09 Å². The van der Waals surface area contributed by atoms with Gasteiger partial charge in [0.2, 0.25) is 0 Å². The molecule has 1 amide bonds. The maximum atomic E-state index is 10.8. The topological polar surface area (TPSA) is 60.8 Å². The molecule has 2 N–H and O–H groups in total. The summed E-state index contributed by atoms with van der Waals surface area (Å²) in [6.07, 6.45) is -0.254. The van der Waals surface area contributed by atoms with Crippen molar-refractivity contribution >= 4 is 11.8 Å². The summed E-state index contributed by atoms with van der Waals surface area (Å²) in [6, 6.07) is 3.19. The summed E-state index contributed by atoms with van der Waals surface area (Å²) >= 11 is 0. The first-order chi connectivity index (χ1) is 6.61. The van der Waals surface area contributed by atoms with E-state index in [0.29, 0.717) is 18.7 Å². The smallest absolute Gasteiger partial charge is 0.411 e. The van der Waals surface area contributed by atoms with Crippen LogP contribution in [-0.4, -0.2) is 22.9 Å². The molecule has 1 aliphatic rings. The Balaban J connectivity index is 2.53. The molecule has 0 unspecified atom stereocenters. The van der Waals surface area contributed by atoms with Crippen LogP contribution in [0.15, 0.2) is 12.1 Å². The largest absolute Gasteiger partial charge is 0.508 e. The molecule has 1 aromatic carbocycles. The number of carbonyl (C=O) groups is 1. The van der Waals surface area contributed by atoms with Gasteiger partial charge in [-0.25, -0.2) is 4.79 Å². The standard InChI is InChI=1S/C10H11NO3/c1-6-7-4-5-11(10(13)14)8(7)2-3-9(6)12/h2-3,12H,4-5H2,1H3,(H,13,14). The van der Waals surface area contributed by atoms with Gasteiger partial charge < -0.3 is 10.2 Å². The molecule has 14 heavy (non-hydrogen) atoms. The number of phenolic OH excluding ortho intramolecular Hbond substituents is 1. The van der Waals surface area contributed by atoms with E-state index in [-0.39, 0.29) is 5.75 Å². The van der Waals surface area contributed by atoms with E-state index in [9.17, 15) is 9.90 Å². The van der Waals surface area contributed by atoms with E-state index >= 15 is 0 Å². The number of anilines is 1. The SMILES string of the molecule is Cc1c(O)ccc2c1CCN2C(=O)O. The maximum Gasteiger partial charge on any atom is 0.411 e. The molecule has 4 heteroatoms. The minimum Gasteiger partial charge on any atom is -0.508 e. The molecule has 0 radical (unpaired) electrons. The fraction of sp³-hybridized carbons (Fsp3) is 0.300. The van der Waals surface area contributed by atoms with Crippen molar-refractivity contribution in [1.29, 1.82) is 0 Å². The number of carboxylic acid groups (broad SMARTS) is 1. The van der Waals surface area contributed by atoms with Crippen LogP contribution in [0.3, 0.4) is 0 Å². The first-order valence-corrected chi connectivity index (χ1v) is 4.43. The van der Waals surface area contributed by atoms with Gasteiger partial charge in [-0.2, -0.15) is 0 Å². The average molecular weight is 193 g/mol. The van der Waals surface area contributed by atoms with Crippen LogP contribution in [0.2, 0.25) is 0 Å². The highest BCUT2D eigenvalue weighted by atomic mass is 16.4. The maximum absolute atomic E-state index is 10.8. The monoisotopic (exact) mass is 193 g/mol. The van der Waals surface area contributed by atoms with Crippen LogP contribution in [-0.2, 0) is 6.42 Å². The van der Waals surface area contributed by atoms with Gasteiger partial charge in [0.05, 0.1) is 5.69 Å². The summed E-state index contributed by atoms with van der Waals surface area (Å²) in [7, 11) is 0. The predicted octanol–water partition coefficient (Wildman–Crippen LogP) is 1.74. The molecule has 0 bridgehead atoms. The van der Waals surface area contributed by atoms with Crippen molar-refractivity contribution in [3.8, 4) is 5.75 Å². The molecule has 1 heterocycles. The van der Waals surface area contributed by atoms with Crippen molar-refractivity contribution in [1.82, 2.24) is 0 Å². The molecule has 0 saturated heterocycles. The Kier molecular flexibility index (Phi) is 1.84. The molecular weight excluding hydrogens is 182 g/mol. The number of phenols is 1. The van der Waals surface area contributed by atoms with Crippen LogP contribution >= 0.6 is 0 Å². The fourth-order valence-corrected chi connectivity index (χ4v) is 1.84. The van der Waals surface area contributed by atoms with E-state index in [0.717, 1.165) is 11.1 Å². The number of benzene rings is 1. The Labute approximate surface area is 81.4 Å². The third-order valence-corrected chi connectivity index (χ3v) is 2.65. The Morgan fingerprint density at radius 1 is 1.50 bits per heavy atom. The Morgan fingerprint density at radius 2 is 2.21 bits per heavy atom. The lowest BCUT2D eigenvalue weighted by molar-refractivity contribution is 0.202. The Morgan fingerprint density at radius 3 is 2.86 bits per heavy atom. The van der Waals surface area contributed by atoms with E-state index in [4.69, 9.17) is 5.11 Å². The van der Waals surface area contributed by atoms with Crippen LogP contribution in [0.25, 0.3) is 0 Å². The molecule has 1 aromatic rings. The number of hydrogen-bond donors (Lipinski definition) is 2. The fourth-order valence-electron chi connectivity index (χ4n) is 1.84. The summed E-state index contributed by atoms with van der Waals surface area (Å²) in [5.41, 5.74) is 2.42. The average Bonchev–Trinajstić information content (AvgIpc) is 2.55. The zero-order chi connectivity index (χ0) is 10.3. The Bertz CT molecular complexity index is 401. The van der Waals surface area contributed by atoms with Gasteiger partial charge in [0.15, 0.2) is 0 Å². The first-order valence-electron chi connectivity index (χ1n) is 4.43. The summed E-state index contributed by atoms with van der Waals surface area (Å²) in [4.78, 5) is 12.1. The number of amides is 1. The van der Waals surface area contributed by atoms with Crippen LogP contribution < -0.4 is 4.90 Å². The second-order valence-electron chi connectivity index (χ2n) is 3.39. The highest BCUT2D eigenvalue weighted by molar-refractivity contribution is 5.89. The van der Waals surface area contributed by atoms with E-state index in [2.05, 4.69) is 0 Å². The third-order valence-electron chi connectivity index (χ3n) is 2.65. The van der Waals surface area contributed by atoms with E-state index < -0.39 is 6.09 Å². The van der Waals surface area contributed by atoms with Crippen LogP contribution in [0.5, 0.6) is 5.75 Å². The lowest BCUT2D eigenvalue weighted by Crippen LogP contribution is -2.26. The quantitative estimate of drug-likeness (QED) is 0.659. The van der Waals surface area contributed by atoms with Gasteiger partial charge in [-0.1, -0.05) is 0 Å². The molecule has 4 nitrogen and oxygen atoms in total. The minimum atomic E-state index is -0.936. The highest BCUT2D eigenvalue weighted by Crippen LogP contribution is 2.34. The molecule has 0 aromatic heterocycles. The summed E-state index contributed by atoms with van der Waals surface area (Å²) < 4.78 is 0. The Hall–Kier alpha value is -1.71. The molecule has 0 aliphatic carbocycles. The summed E-state index contributed by atoms with van der Waals surface area (Å²) in [5.74, 6) is 0.232. The normalized spacial score (nSPS) is 14.2. The number of aromatic hydroxyl groups is 1. The van der Waals surface area contributed by atoms with Crippen molar-refractivity contribution in [3.63, 3.8) is 0 Å². The number of nitrogens with zero attached hydrogens (tertiary/aromatic N) is 1. The molecule has 2 rings (SSSR count). The molecule has 1 aliphatic heterocycles. The molecule has 0 spiro atoms. The van der Waals surface area contributed by atoms with Crippen LogP contribution in [0.4, 0.5) is 10.5 Å². The lowest BCUT2D eigenvalue weighted by Gasteiger charge is -2.13. The van der Waals surface area contributed by atoms with E-state index in [1.54, 1.807) is 13.0 Å². The van der Waals surface area contributed by atoms with Crippen LogP contribution in [0, 0.1) is 6.92 Å². The lowest BCUT2D eigenvalue weighted by atomic mass is 10.1. The zero-order valence-electron chi connectivity index (χ0n) is 7.82. The first kappa shape index (κ1) is 8.87. The molecular formula is C10H11NO3.